The van der Waals surface area contributed by atoms with Gasteiger partial charge in [0.1, 0.15) is 12.2 Å². The molecule has 6 heteroatoms. The van der Waals surface area contributed by atoms with Crippen LogP contribution in [0.4, 0.5) is 0 Å². The average Bonchev–Trinajstić information content (AvgIpc) is 2.63. The molecule has 0 saturated heterocycles. The van der Waals surface area contributed by atoms with Crippen LogP contribution < -0.4 is 0 Å². The van der Waals surface area contributed by atoms with Crippen molar-refractivity contribution in [3.8, 4) is 0 Å². The molecule has 0 spiro atoms. The summed E-state index contributed by atoms with van der Waals surface area (Å²) in [4.78, 5) is 23.3. The largest absolute Gasteiger partial charge is 0.462 e. The lowest BCUT2D eigenvalue weighted by molar-refractivity contribution is -0.151. The van der Waals surface area contributed by atoms with E-state index >= 15 is 0 Å². The van der Waals surface area contributed by atoms with Gasteiger partial charge in [0.25, 0.3) is 0 Å². The second-order valence-electron chi connectivity index (χ2n) is 8.70. The van der Waals surface area contributed by atoms with E-state index in [0.717, 1.165) is 51.4 Å². The van der Waals surface area contributed by atoms with Gasteiger partial charge in [-0.15, -0.1) is 0 Å². The Hall–Kier alpha value is -0.360. The van der Waals surface area contributed by atoms with Crippen LogP contribution in [0, 0.1) is 17.3 Å². The van der Waals surface area contributed by atoms with Crippen molar-refractivity contribution in [3.63, 3.8) is 0 Å². The van der Waals surface area contributed by atoms with Gasteiger partial charge in [-0.3, -0.25) is 9.59 Å². The van der Waals surface area contributed by atoms with Gasteiger partial charge in [0.05, 0.1) is 12.8 Å². The molecule has 0 atom stereocenters. The summed E-state index contributed by atoms with van der Waals surface area (Å²) in [7, 11) is 0. The van der Waals surface area contributed by atoms with E-state index < -0.39 is 0 Å². The Morgan fingerprint density at radius 2 is 1.07 bits per heavy atom. The topological polar surface area (TPSA) is 52.6 Å². The first-order valence-electron chi connectivity index (χ1n) is 10.5. The first-order chi connectivity index (χ1) is 12.9. The van der Waals surface area contributed by atoms with Gasteiger partial charge in [-0.2, -0.15) is 25.3 Å². The third-order valence-corrected chi connectivity index (χ3v) is 7.13. The molecule has 0 amide bonds. The van der Waals surface area contributed by atoms with Crippen molar-refractivity contribution >= 4 is 37.2 Å². The predicted molar refractivity (Wildman–Crippen MR) is 114 cm³/mol. The summed E-state index contributed by atoms with van der Waals surface area (Å²) in [6.07, 6.45) is 9.39. The van der Waals surface area contributed by atoms with Crippen LogP contribution in [0.25, 0.3) is 0 Å². The highest BCUT2D eigenvalue weighted by atomic mass is 32.1. The highest BCUT2D eigenvalue weighted by molar-refractivity contribution is 7.80. The molecule has 0 N–H and O–H groups in total. The quantitative estimate of drug-likeness (QED) is 0.438. The molecule has 2 aliphatic carbocycles. The Bertz CT molecular complexity index is 437. The number of carbonyl (C=O) groups is 2. The van der Waals surface area contributed by atoms with Gasteiger partial charge in [-0.25, -0.2) is 0 Å². The Labute approximate surface area is 175 Å². The van der Waals surface area contributed by atoms with Crippen molar-refractivity contribution in [2.75, 3.05) is 11.5 Å². The number of thiol groups is 2. The molecule has 27 heavy (non-hydrogen) atoms. The molecule has 0 radical (unpaired) electrons. The standard InChI is InChI=1S/C21H36O4S2/c1-21(2,15-3-7-17(8-4-15)24-19(22)11-13-26)16-5-9-18(10-6-16)25-20(23)12-14-27/h15-18,26-27H,3-14H2,1-2H3. The summed E-state index contributed by atoms with van der Waals surface area (Å²) in [6, 6.07) is 0. The molecule has 2 saturated carbocycles. The van der Waals surface area contributed by atoms with E-state index in [1.807, 2.05) is 0 Å². The number of ether oxygens (including phenoxy) is 2. The first kappa shape index (κ1) is 22.9. The van der Waals surface area contributed by atoms with Gasteiger partial charge in [-0.1, -0.05) is 13.8 Å². The minimum atomic E-state index is -0.113. The highest BCUT2D eigenvalue weighted by Gasteiger charge is 2.41. The lowest BCUT2D eigenvalue weighted by Gasteiger charge is -2.46. The van der Waals surface area contributed by atoms with Gasteiger partial charge in [0, 0.05) is 11.5 Å². The van der Waals surface area contributed by atoms with Crippen molar-refractivity contribution in [3.05, 3.63) is 0 Å². The Kier molecular flexibility index (Phi) is 9.33. The molecule has 2 fully saturated rings. The van der Waals surface area contributed by atoms with E-state index in [2.05, 4.69) is 39.1 Å². The fraction of sp³-hybridized carbons (Fsp3) is 0.905. The van der Waals surface area contributed by atoms with Crippen LogP contribution in [0.5, 0.6) is 0 Å². The van der Waals surface area contributed by atoms with Crippen LogP contribution in [0.1, 0.15) is 78.1 Å². The summed E-state index contributed by atoms with van der Waals surface area (Å²) in [5.74, 6) is 2.22. The Morgan fingerprint density at radius 1 is 0.741 bits per heavy atom. The number of hydrogen-bond donors (Lipinski definition) is 2. The van der Waals surface area contributed by atoms with Crippen molar-refractivity contribution in [2.45, 2.75) is 90.3 Å². The molecular weight excluding hydrogens is 380 g/mol. The Morgan fingerprint density at radius 3 is 1.37 bits per heavy atom. The average molecular weight is 417 g/mol. The molecule has 4 nitrogen and oxygen atoms in total. The lowest BCUT2D eigenvalue weighted by atomic mass is 9.60. The van der Waals surface area contributed by atoms with Gasteiger partial charge >= 0.3 is 11.9 Å². The SMILES string of the molecule is CC(C)(C1CCC(OC(=O)CCS)CC1)C1CCC(OC(=O)CCS)CC1. The zero-order valence-corrected chi connectivity index (χ0v) is 18.6. The van der Waals surface area contributed by atoms with E-state index in [1.54, 1.807) is 0 Å². The van der Waals surface area contributed by atoms with Crippen LogP contribution in [0.15, 0.2) is 0 Å². The summed E-state index contributed by atoms with van der Waals surface area (Å²) < 4.78 is 11.1. The third kappa shape index (κ3) is 6.88. The second-order valence-corrected chi connectivity index (χ2v) is 9.59. The summed E-state index contributed by atoms with van der Waals surface area (Å²) in [5.41, 5.74) is 0.278. The summed E-state index contributed by atoms with van der Waals surface area (Å²) in [5, 5.41) is 0. The van der Waals surface area contributed by atoms with E-state index in [4.69, 9.17) is 9.47 Å². The molecule has 0 aromatic rings. The molecule has 0 heterocycles. The molecule has 0 aliphatic heterocycles. The third-order valence-electron chi connectivity index (χ3n) is 6.68. The summed E-state index contributed by atoms with van der Waals surface area (Å²) in [6.45, 7) is 4.81. The van der Waals surface area contributed by atoms with Crippen LogP contribution in [-0.4, -0.2) is 35.7 Å². The van der Waals surface area contributed by atoms with Crippen molar-refractivity contribution in [1.29, 1.82) is 0 Å². The monoisotopic (exact) mass is 416 g/mol. The predicted octanol–water partition coefficient (Wildman–Crippen LogP) is 4.86. The number of esters is 2. The van der Waals surface area contributed by atoms with E-state index in [0.29, 0.717) is 36.2 Å². The second kappa shape index (κ2) is 11.0. The van der Waals surface area contributed by atoms with E-state index in [-0.39, 0.29) is 29.6 Å². The normalized spacial score (nSPS) is 29.2. The molecule has 2 aliphatic rings. The number of rotatable bonds is 8. The lowest BCUT2D eigenvalue weighted by Crippen LogP contribution is -2.39. The smallest absolute Gasteiger partial charge is 0.306 e. The zero-order valence-electron chi connectivity index (χ0n) is 16.8. The molecule has 2 rings (SSSR count). The number of hydrogen-bond acceptors (Lipinski definition) is 6. The highest BCUT2D eigenvalue weighted by Crippen LogP contribution is 2.48. The Balaban J connectivity index is 1.77. The van der Waals surface area contributed by atoms with Crippen molar-refractivity contribution in [1.82, 2.24) is 0 Å². The molecule has 0 bridgehead atoms. The van der Waals surface area contributed by atoms with E-state index in [1.165, 1.54) is 0 Å². The van der Waals surface area contributed by atoms with Crippen molar-refractivity contribution < 1.29 is 19.1 Å². The molecule has 0 aromatic carbocycles. The maximum Gasteiger partial charge on any atom is 0.306 e. The van der Waals surface area contributed by atoms with Gasteiger partial charge in [0.2, 0.25) is 0 Å². The number of carbonyl (C=O) groups excluding carboxylic acids is 2. The van der Waals surface area contributed by atoms with Crippen molar-refractivity contribution in [2.24, 2.45) is 17.3 Å². The van der Waals surface area contributed by atoms with Crippen LogP contribution in [0.3, 0.4) is 0 Å². The molecule has 156 valence electrons. The molecule has 0 unspecified atom stereocenters. The maximum atomic E-state index is 11.7. The van der Waals surface area contributed by atoms with Gasteiger partial charge in [0.15, 0.2) is 0 Å². The van der Waals surface area contributed by atoms with Crippen LogP contribution in [0.2, 0.25) is 0 Å². The molecular formula is C21H36O4S2. The van der Waals surface area contributed by atoms with E-state index in [9.17, 15) is 9.59 Å². The van der Waals surface area contributed by atoms with Gasteiger partial charge < -0.3 is 9.47 Å². The zero-order chi connectivity index (χ0) is 19.9. The van der Waals surface area contributed by atoms with Crippen LogP contribution >= 0.6 is 25.3 Å². The summed E-state index contributed by atoms with van der Waals surface area (Å²) >= 11 is 8.18. The van der Waals surface area contributed by atoms with Crippen LogP contribution in [-0.2, 0) is 19.1 Å². The first-order valence-corrected chi connectivity index (χ1v) is 11.7. The minimum Gasteiger partial charge on any atom is -0.462 e. The minimum absolute atomic E-state index is 0.0893. The molecule has 0 aromatic heterocycles. The maximum absolute atomic E-state index is 11.7. The van der Waals surface area contributed by atoms with Gasteiger partial charge in [-0.05, 0) is 68.6 Å². The fourth-order valence-electron chi connectivity index (χ4n) is 4.85. The fourth-order valence-corrected chi connectivity index (χ4v) is 5.22.